The van der Waals surface area contributed by atoms with Crippen molar-refractivity contribution in [3.63, 3.8) is 0 Å². The highest BCUT2D eigenvalue weighted by Crippen LogP contribution is 2.77. The van der Waals surface area contributed by atoms with Crippen molar-refractivity contribution in [3.05, 3.63) is 23.8 Å². The molecular weight excluding hydrogens is 1150 g/mol. The maximum atomic E-state index is 14.3. The molecule has 10 rings (SSSR count). The number of aliphatic hydroxyl groups is 14. The van der Waals surface area contributed by atoms with Crippen LogP contribution < -0.4 is 0 Å². The maximum absolute atomic E-state index is 14.3. The SMILES string of the molecule is C=C(C)CCC[C@](C)(O)[C@@H]1[C@@H]2CC3(C)C4=CCC5C(C)(C)[C@@H](O[C@@H]6OCC(O[C@@H]7OC(CO)C(O)[C@H](O)C7O)[C@H](O)C6O[C@@H]6OC(C)C(O[C@@H]7OC(CO)C(O)[C@H](O[C@@H]8OC(CO)C(O)[C@H](OC)C8O)C7O)[C@H](O)C6O)CC[C@]5(C)C4CCC13C(=O)O2. The predicted molar refractivity (Wildman–Crippen MR) is 294 cm³/mol. The van der Waals surface area contributed by atoms with Crippen molar-refractivity contribution in [2.45, 2.75) is 271 Å². The Morgan fingerprint density at radius 3 is 1.85 bits per heavy atom. The zero-order valence-electron chi connectivity index (χ0n) is 50.8. The Kier molecular flexibility index (Phi) is 20.0. The number of carbonyl (C=O) groups excluding carboxylic acids is 1. The molecule has 27 heteroatoms. The van der Waals surface area contributed by atoms with Gasteiger partial charge < -0.3 is 128 Å². The van der Waals surface area contributed by atoms with Crippen LogP contribution in [0.4, 0.5) is 0 Å². The Balaban J connectivity index is 0.868. The fraction of sp³-hybridized carbons (Fsp3) is 0.917. The predicted octanol–water partition coefficient (Wildman–Crippen LogP) is -2.59. The van der Waals surface area contributed by atoms with Crippen LogP contribution in [0.2, 0.25) is 0 Å². The number of aliphatic hydroxyl groups excluding tert-OH is 13. The normalized spacial score (nSPS) is 52.0. The van der Waals surface area contributed by atoms with Gasteiger partial charge in [0, 0.05) is 18.4 Å². The van der Waals surface area contributed by atoms with E-state index in [0.29, 0.717) is 44.9 Å². The van der Waals surface area contributed by atoms with Crippen molar-refractivity contribution in [1.82, 2.24) is 0 Å². The molecule has 0 aromatic carbocycles. The van der Waals surface area contributed by atoms with Crippen molar-refractivity contribution in [3.8, 4) is 0 Å². The number of methoxy groups -OCH3 is 1. The highest BCUT2D eigenvalue weighted by atomic mass is 16.8. The van der Waals surface area contributed by atoms with Crippen molar-refractivity contribution in [2.75, 3.05) is 33.5 Å². The molecule has 10 aliphatic rings. The molecule has 0 radical (unpaired) electrons. The van der Waals surface area contributed by atoms with Gasteiger partial charge in [-0.2, -0.15) is 0 Å². The average Bonchev–Trinajstić information content (AvgIpc) is 1.54. The number of hydrogen-bond acceptors (Lipinski definition) is 27. The number of hydrogen-bond donors (Lipinski definition) is 14. The summed E-state index contributed by atoms with van der Waals surface area (Å²) < 4.78 is 72.1. The van der Waals surface area contributed by atoms with Crippen LogP contribution in [0.15, 0.2) is 23.8 Å². The number of ether oxygens (including phenoxy) is 12. The molecule has 6 heterocycles. The number of carbonyl (C=O) groups is 1. The van der Waals surface area contributed by atoms with Gasteiger partial charge in [0.2, 0.25) is 0 Å². The number of rotatable bonds is 19. The summed E-state index contributed by atoms with van der Waals surface area (Å²) in [6.07, 6.45) is -32.6. The minimum Gasteiger partial charge on any atom is -0.461 e. The Morgan fingerprint density at radius 2 is 1.23 bits per heavy atom. The molecule has 498 valence electrons. The van der Waals surface area contributed by atoms with Crippen LogP contribution in [0.1, 0.15) is 106 Å². The Hall–Kier alpha value is -2.05. The first-order valence-corrected chi connectivity index (χ1v) is 30.9. The van der Waals surface area contributed by atoms with Gasteiger partial charge in [0.05, 0.1) is 49.7 Å². The zero-order valence-corrected chi connectivity index (χ0v) is 50.8. The average molecular weight is 1250 g/mol. The van der Waals surface area contributed by atoms with Crippen molar-refractivity contribution < 1.29 is 133 Å². The third-order valence-electron chi connectivity index (χ3n) is 22.2. The van der Waals surface area contributed by atoms with Gasteiger partial charge in [-0.15, -0.1) is 6.58 Å². The fourth-order valence-corrected chi connectivity index (χ4v) is 17.5. The van der Waals surface area contributed by atoms with Crippen molar-refractivity contribution in [1.29, 1.82) is 0 Å². The highest BCUT2D eigenvalue weighted by molar-refractivity contribution is 5.84. The molecule has 0 aromatic rings. The van der Waals surface area contributed by atoms with Gasteiger partial charge in [-0.05, 0) is 101 Å². The van der Waals surface area contributed by atoms with E-state index < -0.39 is 208 Å². The summed E-state index contributed by atoms with van der Waals surface area (Å²) in [5.74, 6) is -0.484. The van der Waals surface area contributed by atoms with E-state index in [9.17, 15) is 76.3 Å². The molecule has 18 unspecified atom stereocenters. The largest absolute Gasteiger partial charge is 0.461 e. The van der Waals surface area contributed by atoms with Crippen LogP contribution in [0, 0.1) is 39.4 Å². The molecule has 0 amide bonds. The summed E-state index contributed by atoms with van der Waals surface area (Å²) in [6.45, 7) is 15.3. The van der Waals surface area contributed by atoms with E-state index in [0.717, 1.165) is 18.4 Å². The third-order valence-corrected chi connectivity index (χ3v) is 22.2. The summed E-state index contributed by atoms with van der Waals surface area (Å²) in [5, 5.41) is 155. The van der Waals surface area contributed by atoms with Crippen molar-refractivity contribution >= 4 is 5.97 Å². The second-order valence-electron chi connectivity index (χ2n) is 27.8. The summed E-state index contributed by atoms with van der Waals surface area (Å²) >= 11 is 0. The molecule has 27 nitrogen and oxygen atoms in total. The molecular formula is C60H96O27. The lowest BCUT2D eigenvalue weighted by Crippen LogP contribution is -2.67. The second kappa shape index (κ2) is 25.7. The molecule has 4 aliphatic carbocycles. The molecule has 0 aromatic heterocycles. The van der Waals surface area contributed by atoms with E-state index in [1.54, 1.807) is 0 Å². The smallest absolute Gasteiger partial charge is 0.313 e. The van der Waals surface area contributed by atoms with Crippen LogP contribution in [-0.2, 0) is 61.6 Å². The van der Waals surface area contributed by atoms with E-state index in [4.69, 9.17) is 56.8 Å². The van der Waals surface area contributed by atoms with E-state index in [2.05, 4.69) is 40.3 Å². The Labute approximate surface area is 505 Å². The van der Waals surface area contributed by atoms with E-state index >= 15 is 0 Å². The first-order valence-electron chi connectivity index (χ1n) is 30.9. The molecule has 9 fully saturated rings. The van der Waals surface area contributed by atoms with Crippen LogP contribution in [0.3, 0.4) is 0 Å². The van der Waals surface area contributed by atoms with E-state index in [1.165, 1.54) is 19.6 Å². The molecule has 1 spiro atoms. The van der Waals surface area contributed by atoms with E-state index in [1.807, 2.05) is 13.8 Å². The first-order chi connectivity index (χ1) is 40.9. The lowest BCUT2D eigenvalue weighted by Gasteiger charge is -2.64. The number of allylic oxidation sites excluding steroid dienone is 3. The van der Waals surface area contributed by atoms with Gasteiger partial charge in [0.25, 0.3) is 0 Å². The lowest BCUT2D eigenvalue weighted by atomic mass is 9.40. The van der Waals surface area contributed by atoms with Crippen molar-refractivity contribution in [2.24, 2.45) is 39.4 Å². The summed E-state index contributed by atoms with van der Waals surface area (Å²) in [5.41, 5.74) is -1.17. The topological polar surface area (TPSA) is 411 Å². The van der Waals surface area contributed by atoms with Gasteiger partial charge in [-0.1, -0.05) is 44.9 Å². The maximum Gasteiger partial charge on any atom is 0.313 e. The third kappa shape index (κ3) is 11.5. The van der Waals surface area contributed by atoms with Gasteiger partial charge in [-0.3, -0.25) is 4.79 Å². The van der Waals surface area contributed by atoms with E-state index in [-0.39, 0.29) is 29.1 Å². The monoisotopic (exact) mass is 1250 g/mol. The molecule has 3 saturated carbocycles. The van der Waals surface area contributed by atoms with Gasteiger partial charge in [0.15, 0.2) is 31.5 Å². The summed E-state index contributed by atoms with van der Waals surface area (Å²) in [6, 6.07) is 0. The van der Waals surface area contributed by atoms with Crippen LogP contribution >= 0.6 is 0 Å². The van der Waals surface area contributed by atoms with Crippen LogP contribution in [-0.4, -0.2) is 276 Å². The van der Waals surface area contributed by atoms with Gasteiger partial charge in [-0.25, -0.2) is 0 Å². The lowest BCUT2D eigenvalue weighted by molar-refractivity contribution is -0.394. The molecule has 6 aliphatic heterocycles. The molecule has 14 N–H and O–H groups in total. The minimum absolute atomic E-state index is 0.0144. The molecule has 33 atom stereocenters. The Bertz CT molecular complexity index is 2430. The molecule has 87 heavy (non-hydrogen) atoms. The first kappa shape index (κ1) is 67.8. The zero-order chi connectivity index (χ0) is 63.4. The number of fused-ring (bicyclic) bond motifs is 5. The standard InChI is InChI=1S/C60H96O27/c1-24(2)11-10-16-59(8,75)49-28-19-58(7)27-12-13-33-56(4,5)34(15-17-57(33,6)26(27)14-18-60(49,58)55(74)83-28)84-54-48(38(67)32(23-77-54)82-51-41(70)39(68)35(64)29(20-61)79-51)87-50-42(71)40(69)45(25(3)78-50)85-53-44(73)47(37(66)31(22-63)81-53)86-52-43(72)46(76-9)36(65)30(21-62)80-52/h12,25-26,28-54,61-73,75H,1,10-11,13-23H2,2-9H3/t25?,26?,28-,29?,30?,31?,32?,33?,34-,35?,36?,37?,38-,39-,40+,41?,42?,43?,44?,45?,46-,47-,48?,49-,50-,51-,52-,53-,54-,57+,58?,59-,60?/m0/s1. The second-order valence-corrected chi connectivity index (χ2v) is 27.8. The molecule has 2 bridgehead atoms. The molecule has 6 saturated heterocycles. The van der Waals surface area contributed by atoms with Crippen LogP contribution in [0.5, 0.6) is 0 Å². The fourth-order valence-electron chi connectivity index (χ4n) is 17.5. The van der Waals surface area contributed by atoms with Crippen LogP contribution in [0.25, 0.3) is 0 Å². The quantitative estimate of drug-likeness (QED) is 0.0466. The minimum atomic E-state index is -2.01. The summed E-state index contributed by atoms with van der Waals surface area (Å²) in [7, 11) is 1.19. The van der Waals surface area contributed by atoms with Gasteiger partial charge >= 0.3 is 5.97 Å². The number of esters is 1. The highest BCUT2D eigenvalue weighted by Gasteiger charge is 2.79. The Morgan fingerprint density at radius 1 is 0.667 bits per heavy atom. The van der Waals surface area contributed by atoms with Gasteiger partial charge in [0.1, 0.15) is 116 Å². The summed E-state index contributed by atoms with van der Waals surface area (Å²) in [4.78, 5) is 14.3.